The van der Waals surface area contributed by atoms with Crippen LogP contribution in [0.3, 0.4) is 0 Å². The van der Waals surface area contributed by atoms with Crippen LogP contribution >= 0.6 is 0 Å². The molecule has 1 fully saturated rings. The molecule has 0 saturated carbocycles. The number of rotatable bonds is 12. The van der Waals surface area contributed by atoms with E-state index in [4.69, 9.17) is 14.2 Å². The molecule has 1 saturated heterocycles. The van der Waals surface area contributed by atoms with E-state index in [1.807, 2.05) is 24.3 Å². The van der Waals surface area contributed by atoms with Gasteiger partial charge in [0.15, 0.2) is 0 Å². The third-order valence-electron chi connectivity index (χ3n) is 4.99. The molecule has 0 spiro atoms. The molecule has 0 bridgehead atoms. The Labute approximate surface area is 188 Å². The van der Waals surface area contributed by atoms with Crippen LogP contribution < -0.4 is 20.7 Å². The van der Waals surface area contributed by atoms with Crippen LogP contribution in [0.5, 0.6) is 5.75 Å². The van der Waals surface area contributed by atoms with E-state index in [-0.39, 0.29) is 24.5 Å². The van der Waals surface area contributed by atoms with Gasteiger partial charge in [-0.3, -0.25) is 9.59 Å². The lowest BCUT2D eigenvalue weighted by atomic mass is 10.2. The van der Waals surface area contributed by atoms with Crippen LogP contribution in [0.1, 0.15) is 29.6 Å². The maximum Gasteiger partial charge on any atom is 0.251 e. The first-order valence-electron chi connectivity index (χ1n) is 10.9. The molecule has 3 N–H and O–H groups in total. The number of carbonyl (C=O) groups excluding carboxylic acids is 2. The zero-order chi connectivity index (χ0) is 22.6. The molecule has 32 heavy (non-hydrogen) atoms. The standard InChI is InChI=1S/C24H31N3O5/c1-30-13-4-12-25-24(29)18-8-10-19(11-9-18)27-23(28)16-26-20-5-2-6-21(15-20)32-17-22-7-3-14-31-22/h2,5-6,8-11,15,22,26H,3-4,7,12-14,16-17H2,1H3,(H,25,29)(H,27,28). The van der Waals surface area contributed by atoms with Crippen LogP contribution in [-0.4, -0.2) is 57.9 Å². The van der Waals surface area contributed by atoms with E-state index in [2.05, 4.69) is 16.0 Å². The highest BCUT2D eigenvalue weighted by Crippen LogP contribution is 2.19. The van der Waals surface area contributed by atoms with Crippen molar-refractivity contribution in [3.63, 3.8) is 0 Å². The van der Waals surface area contributed by atoms with E-state index in [0.29, 0.717) is 31.0 Å². The van der Waals surface area contributed by atoms with Gasteiger partial charge in [-0.15, -0.1) is 0 Å². The molecule has 0 radical (unpaired) electrons. The van der Waals surface area contributed by atoms with Crippen LogP contribution in [-0.2, 0) is 14.3 Å². The van der Waals surface area contributed by atoms with Crippen molar-refractivity contribution >= 4 is 23.2 Å². The van der Waals surface area contributed by atoms with Crippen molar-refractivity contribution in [1.82, 2.24) is 5.32 Å². The highest BCUT2D eigenvalue weighted by Gasteiger charge is 2.16. The third-order valence-corrected chi connectivity index (χ3v) is 4.99. The average molecular weight is 442 g/mol. The molecule has 0 aromatic heterocycles. The Bertz CT molecular complexity index is 866. The summed E-state index contributed by atoms with van der Waals surface area (Å²) < 4.78 is 16.3. The van der Waals surface area contributed by atoms with Gasteiger partial charge in [-0.2, -0.15) is 0 Å². The number of methoxy groups -OCH3 is 1. The summed E-state index contributed by atoms with van der Waals surface area (Å²) in [6.45, 7) is 2.60. The zero-order valence-corrected chi connectivity index (χ0v) is 18.4. The minimum atomic E-state index is -0.188. The van der Waals surface area contributed by atoms with Gasteiger partial charge in [-0.1, -0.05) is 6.07 Å². The smallest absolute Gasteiger partial charge is 0.251 e. The molecule has 2 aromatic carbocycles. The van der Waals surface area contributed by atoms with Gasteiger partial charge in [-0.05, 0) is 55.7 Å². The first-order chi connectivity index (χ1) is 15.6. The normalized spacial score (nSPS) is 15.2. The van der Waals surface area contributed by atoms with Gasteiger partial charge in [0.05, 0.1) is 12.6 Å². The number of ether oxygens (including phenoxy) is 3. The van der Waals surface area contributed by atoms with Gasteiger partial charge >= 0.3 is 0 Å². The molecular weight excluding hydrogens is 410 g/mol. The van der Waals surface area contributed by atoms with E-state index < -0.39 is 0 Å². The number of carbonyl (C=O) groups is 2. The van der Waals surface area contributed by atoms with Crippen molar-refractivity contribution < 1.29 is 23.8 Å². The number of hydrogen-bond donors (Lipinski definition) is 3. The summed E-state index contributed by atoms with van der Waals surface area (Å²) in [5.41, 5.74) is 1.96. The lowest BCUT2D eigenvalue weighted by molar-refractivity contribution is -0.114. The maximum atomic E-state index is 12.3. The lowest BCUT2D eigenvalue weighted by Crippen LogP contribution is -2.25. The zero-order valence-electron chi connectivity index (χ0n) is 18.4. The van der Waals surface area contributed by atoms with Crippen molar-refractivity contribution in [3.05, 3.63) is 54.1 Å². The maximum absolute atomic E-state index is 12.3. The van der Waals surface area contributed by atoms with Crippen LogP contribution in [0.2, 0.25) is 0 Å². The minimum absolute atomic E-state index is 0.108. The summed E-state index contributed by atoms with van der Waals surface area (Å²) in [6, 6.07) is 14.3. The molecule has 1 aliphatic heterocycles. The number of benzene rings is 2. The minimum Gasteiger partial charge on any atom is -0.491 e. The Morgan fingerprint density at radius 1 is 1.12 bits per heavy atom. The largest absolute Gasteiger partial charge is 0.491 e. The monoisotopic (exact) mass is 441 g/mol. The van der Waals surface area contributed by atoms with Crippen LogP contribution in [0, 0.1) is 0 Å². The van der Waals surface area contributed by atoms with Crippen molar-refractivity contribution in [2.75, 3.05) is 50.7 Å². The summed E-state index contributed by atoms with van der Waals surface area (Å²) in [5, 5.41) is 8.74. The Hall–Kier alpha value is -3.10. The van der Waals surface area contributed by atoms with E-state index in [1.54, 1.807) is 31.4 Å². The SMILES string of the molecule is COCCCNC(=O)c1ccc(NC(=O)CNc2cccc(OCC3CCCO3)c2)cc1. The molecule has 1 heterocycles. The van der Waals surface area contributed by atoms with E-state index in [9.17, 15) is 9.59 Å². The second-order valence-electron chi connectivity index (χ2n) is 7.56. The van der Waals surface area contributed by atoms with Crippen molar-refractivity contribution in [3.8, 4) is 5.75 Å². The van der Waals surface area contributed by atoms with E-state index in [0.717, 1.165) is 37.3 Å². The Kier molecular flexibility index (Phi) is 9.34. The molecule has 8 heteroatoms. The molecule has 2 aromatic rings. The molecule has 1 atom stereocenters. The summed E-state index contributed by atoms with van der Waals surface area (Å²) in [5.74, 6) is 0.400. The van der Waals surface area contributed by atoms with Crippen LogP contribution in [0.25, 0.3) is 0 Å². The quantitative estimate of drug-likeness (QED) is 0.438. The fourth-order valence-electron chi connectivity index (χ4n) is 3.27. The number of anilines is 2. The molecule has 0 aliphatic carbocycles. The van der Waals surface area contributed by atoms with E-state index >= 15 is 0 Å². The van der Waals surface area contributed by atoms with Crippen molar-refractivity contribution in [2.45, 2.75) is 25.4 Å². The predicted molar refractivity (Wildman–Crippen MR) is 123 cm³/mol. The molecule has 1 aliphatic rings. The first kappa shape index (κ1) is 23.6. The average Bonchev–Trinajstić information content (AvgIpc) is 3.34. The van der Waals surface area contributed by atoms with E-state index in [1.165, 1.54) is 0 Å². The molecule has 8 nitrogen and oxygen atoms in total. The summed E-state index contributed by atoms with van der Waals surface area (Å²) in [6.07, 6.45) is 3.02. The first-order valence-corrected chi connectivity index (χ1v) is 10.9. The van der Waals surface area contributed by atoms with Gasteiger partial charge in [-0.25, -0.2) is 0 Å². The Morgan fingerprint density at radius 2 is 1.97 bits per heavy atom. The second-order valence-corrected chi connectivity index (χ2v) is 7.56. The highest BCUT2D eigenvalue weighted by atomic mass is 16.5. The number of nitrogens with one attached hydrogen (secondary N) is 3. The molecule has 172 valence electrons. The topological polar surface area (TPSA) is 97.9 Å². The van der Waals surface area contributed by atoms with Gasteiger partial charge in [0.25, 0.3) is 5.91 Å². The van der Waals surface area contributed by atoms with Gasteiger partial charge in [0, 0.05) is 49.9 Å². The van der Waals surface area contributed by atoms with Gasteiger partial charge < -0.3 is 30.2 Å². The van der Waals surface area contributed by atoms with Crippen LogP contribution in [0.4, 0.5) is 11.4 Å². The van der Waals surface area contributed by atoms with Gasteiger partial charge in [0.2, 0.25) is 5.91 Å². The highest BCUT2D eigenvalue weighted by molar-refractivity contribution is 5.96. The molecule has 2 amide bonds. The Balaban J connectivity index is 1.40. The summed E-state index contributed by atoms with van der Waals surface area (Å²) >= 11 is 0. The fraction of sp³-hybridized carbons (Fsp3) is 0.417. The second kappa shape index (κ2) is 12.7. The molecule has 1 unspecified atom stereocenters. The molecular formula is C24H31N3O5. The van der Waals surface area contributed by atoms with Crippen molar-refractivity contribution in [2.24, 2.45) is 0 Å². The van der Waals surface area contributed by atoms with Gasteiger partial charge in [0.1, 0.15) is 12.4 Å². The molecule has 3 rings (SSSR count). The third kappa shape index (κ3) is 7.86. The number of hydrogen-bond acceptors (Lipinski definition) is 6. The predicted octanol–water partition coefficient (Wildman–Crippen LogP) is 3.06. The fourth-order valence-corrected chi connectivity index (χ4v) is 3.27. The summed E-state index contributed by atoms with van der Waals surface area (Å²) in [4.78, 5) is 24.4. The summed E-state index contributed by atoms with van der Waals surface area (Å²) in [7, 11) is 1.63. The number of amides is 2. The lowest BCUT2D eigenvalue weighted by Gasteiger charge is -2.13. The Morgan fingerprint density at radius 3 is 2.72 bits per heavy atom. The van der Waals surface area contributed by atoms with Crippen LogP contribution in [0.15, 0.2) is 48.5 Å². The van der Waals surface area contributed by atoms with Crippen molar-refractivity contribution in [1.29, 1.82) is 0 Å².